The van der Waals surface area contributed by atoms with Crippen LogP contribution in [0.2, 0.25) is 0 Å². The van der Waals surface area contributed by atoms with Gasteiger partial charge >= 0.3 is 0 Å². The van der Waals surface area contributed by atoms with E-state index >= 15 is 0 Å². The average Bonchev–Trinajstić information content (AvgIpc) is 1.79. The van der Waals surface area contributed by atoms with Crippen molar-refractivity contribution in [3.63, 3.8) is 0 Å². The molecule has 0 aliphatic heterocycles. The molecule has 0 aromatic heterocycles. The molecule has 1 aliphatic carbocycles. The molecule has 0 N–H and O–H groups in total. The zero-order valence-corrected chi connectivity index (χ0v) is 7.31. The van der Waals surface area contributed by atoms with Crippen molar-refractivity contribution < 1.29 is 4.74 Å². The first-order valence-corrected chi connectivity index (χ1v) is 4.24. The average molecular weight is 142 g/mol. The summed E-state index contributed by atoms with van der Waals surface area (Å²) in [4.78, 5) is 0. The van der Waals surface area contributed by atoms with Crippen molar-refractivity contribution in [1.29, 1.82) is 0 Å². The molecule has 0 amide bonds. The normalized spacial score (nSPS) is 22.8. The van der Waals surface area contributed by atoms with Crippen LogP contribution in [0.1, 0.15) is 40.0 Å². The summed E-state index contributed by atoms with van der Waals surface area (Å²) in [5, 5.41) is 0. The van der Waals surface area contributed by atoms with E-state index in [0.717, 1.165) is 6.61 Å². The summed E-state index contributed by atoms with van der Waals surface area (Å²) in [6.07, 6.45) is 4.52. The van der Waals surface area contributed by atoms with E-state index in [-0.39, 0.29) is 0 Å². The fourth-order valence-electron chi connectivity index (χ4n) is 1.29. The molecule has 60 valence electrons. The molecule has 0 atom stereocenters. The maximum atomic E-state index is 5.55. The Morgan fingerprint density at radius 3 is 2.30 bits per heavy atom. The lowest BCUT2D eigenvalue weighted by Gasteiger charge is -2.38. The van der Waals surface area contributed by atoms with Gasteiger partial charge in [-0.1, -0.05) is 13.3 Å². The summed E-state index contributed by atoms with van der Waals surface area (Å²) in [6, 6.07) is 0. The fourth-order valence-corrected chi connectivity index (χ4v) is 1.29. The monoisotopic (exact) mass is 142 g/mol. The van der Waals surface area contributed by atoms with E-state index in [1.165, 1.54) is 19.3 Å². The van der Waals surface area contributed by atoms with Gasteiger partial charge in [0.25, 0.3) is 0 Å². The molecule has 0 radical (unpaired) electrons. The van der Waals surface area contributed by atoms with Gasteiger partial charge in [-0.05, 0) is 32.1 Å². The van der Waals surface area contributed by atoms with Crippen molar-refractivity contribution in [2.24, 2.45) is 5.41 Å². The second-order valence-electron chi connectivity index (χ2n) is 4.02. The molecule has 0 aromatic carbocycles. The molecular formula is C9H18O. The van der Waals surface area contributed by atoms with Crippen LogP contribution in [0.3, 0.4) is 0 Å². The van der Waals surface area contributed by atoms with Crippen LogP contribution < -0.4 is 0 Å². The Bertz CT molecular complexity index is 103. The van der Waals surface area contributed by atoms with Crippen LogP contribution in [0, 0.1) is 5.41 Å². The fraction of sp³-hybridized carbons (Fsp3) is 1.00. The minimum atomic E-state index is 0.400. The van der Waals surface area contributed by atoms with E-state index in [1.807, 2.05) is 0 Å². The minimum absolute atomic E-state index is 0.400. The molecule has 0 heterocycles. The molecular weight excluding hydrogens is 124 g/mol. The molecule has 1 aliphatic rings. The standard InChI is InChI=1S/C9H18O/c1-8(2)10-7-9(3)5-4-6-9/h8H,4-7H2,1-3H3. The van der Waals surface area contributed by atoms with E-state index in [0.29, 0.717) is 11.5 Å². The van der Waals surface area contributed by atoms with Crippen molar-refractivity contribution in [3.8, 4) is 0 Å². The molecule has 1 heteroatoms. The molecule has 1 nitrogen and oxygen atoms in total. The van der Waals surface area contributed by atoms with Gasteiger partial charge in [0.2, 0.25) is 0 Å². The Kier molecular flexibility index (Phi) is 2.35. The Morgan fingerprint density at radius 2 is 2.00 bits per heavy atom. The van der Waals surface area contributed by atoms with Crippen LogP contribution in [0.25, 0.3) is 0 Å². The van der Waals surface area contributed by atoms with E-state index < -0.39 is 0 Å². The molecule has 0 bridgehead atoms. The first kappa shape index (κ1) is 8.06. The van der Waals surface area contributed by atoms with E-state index in [1.54, 1.807) is 0 Å². The maximum absolute atomic E-state index is 5.55. The minimum Gasteiger partial charge on any atom is -0.378 e. The lowest BCUT2D eigenvalue weighted by Crippen LogP contribution is -2.32. The van der Waals surface area contributed by atoms with E-state index in [2.05, 4.69) is 20.8 Å². The molecule has 0 aromatic rings. The van der Waals surface area contributed by atoms with Gasteiger partial charge in [0.05, 0.1) is 12.7 Å². The highest BCUT2D eigenvalue weighted by Gasteiger charge is 2.31. The highest BCUT2D eigenvalue weighted by molar-refractivity contribution is 4.82. The molecule has 1 saturated carbocycles. The highest BCUT2D eigenvalue weighted by atomic mass is 16.5. The van der Waals surface area contributed by atoms with Crippen molar-refractivity contribution in [2.75, 3.05) is 6.61 Å². The lowest BCUT2D eigenvalue weighted by molar-refractivity contribution is -0.0217. The molecule has 0 unspecified atom stereocenters. The number of hydrogen-bond donors (Lipinski definition) is 0. The summed E-state index contributed by atoms with van der Waals surface area (Å²) in [5.74, 6) is 0. The number of hydrogen-bond acceptors (Lipinski definition) is 1. The summed E-state index contributed by atoms with van der Waals surface area (Å²) < 4.78 is 5.55. The van der Waals surface area contributed by atoms with Gasteiger partial charge in [-0.15, -0.1) is 0 Å². The number of ether oxygens (including phenoxy) is 1. The van der Waals surface area contributed by atoms with Crippen LogP contribution >= 0.6 is 0 Å². The summed E-state index contributed by atoms with van der Waals surface area (Å²) in [6.45, 7) is 7.48. The third-order valence-electron chi connectivity index (χ3n) is 2.33. The predicted molar refractivity (Wildman–Crippen MR) is 43.0 cm³/mol. The van der Waals surface area contributed by atoms with Gasteiger partial charge in [0.15, 0.2) is 0 Å². The number of rotatable bonds is 3. The van der Waals surface area contributed by atoms with Gasteiger partial charge in [-0.2, -0.15) is 0 Å². The Hall–Kier alpha value is -0.0400. The van der Waals surface area contributed by atoms with E-state index in [9.17, 15) is 0 Å². The largest absolute Gasteiger partial charge is 0.378 e. The third kappa shape index (κ3) is 1.98. The third-order valence-corrected chi connectivity index (χ3v) is 2.33. The quantitative estimate of drug-likeness (QED) is 0.588. The van der Waals surface area contributed by atoms with Crippen molar-refractivity contribution in [1.82, 2.24) is 0 Å². The Labute approximate surface area is 63.8 Å². The van der Waals surface area contributed by atoms with Gasteiger partial charge in [0, 0.05) is 0 Å². The zero-order chi connectivity index (χ0) is 7.61. The van der Waals surface area contributed by atoms with Crippen LogP contribution in [0.4, 0.5) is 0 Å². The van der Waals surface area contributed by atoms with Crippen LogP contribution in [-0.2, 0) is 4.74 Å². The van der Waals surface area contributed by atoms with Crippen LogP contribution in [-0.4, -0.2) is 12.7 Å². The SMILES string of the molecule is CC(C)OCC1(C)CCC1. The maximum Gasteiger partial charge on any atom is 0.0523 e. The summed E-state index contributed by atoms with van der Waals surface area (Å²) in [7, 11) is 0. The van der Waals surface area contributed by atoms with Gasteiger partial charge < -0.3 is 4.74 Å². The smallest absolute Gasteiger partial charge is 0.0523 e. The second-order valence-corrected chi connectivity index (χ2v) is 4.02. The van der Waals surface area contributed by atoms with Crippen LogP contribution in [0.5, 0.6) is 0 Å². The lowest BCUT2D eigenvalue weighted by atomic mass is 9.71. The Balaban J connectivity index is 2.12. The second kappa shape index (κ2) is 2.91. The van der Waals surface area contributed by atoms with E-state index in [4.69, 9.17) is 4.74 Å². The first-order valence-electron chi connectivity index (χ1n) is 4.24. The topological polar surface area (TPSA) is 9.23 Å². The van der Waals surface area contributed by atoms with Crippen molar-refractivity contribution in [3.05, 3.63) is 0 Å². The Morgan fingerprint density at radius 1 is 1.40 bits per heavy atom. The molecule has 10 heavy (non-hydrogen) atoms. The van der Waals surface area contributed by atoms with Crippen molar-refractivity contribution in [2.45, 2.75) is 46.1 Å². The molecule has 1 rings (SSSR count). The molecule has 0 saturated heterocycles. The highest BCUT2D eigenvalue weighted by Crippen LogP contribution is 2.40. The first-order chi connectivity index (χ1) is 4.62. The molecule has 1 fully saturated rings. The predicted octanol–water partition coefficient (Wildman–Crippen LogP) is 2.60. The van der Waals surface area contributed by atoms with Crippen molar-refractivity contribution >= 4 is 0 Å². The van der Waals surface area contributed by atoms with Gasteiger partial charge in [-0.25, -0.2) is 0 Å². The molecule has 0 spiro atoms. The van der Waals surface area contributed by atoms with Gasteiger partial charge in [0.1, 0.15) is 0 Å². The summed E-state index contributed by atoms with van der Waals surface area (Å²) in [5.41, 5.74) is 0.532. The van der Waals surface area contributed by atoms with Crippen LogP contribution in [0.15, 0.2) is 0 Å². The zero-order valence-electron chi connectivity index (χ0n) is 7.31. The van der Waals surface area contributed by atoms with Gasteiger partial charge in [-0.3, -0.25) is 0 Å². The summed E-state index contributed by atoms with van der Waals surface area (Å²) >= 11 is 0.